The van der Waals surface area contributed by atoms with Crippen molar-refractivity contribution in [3.8, 4) is 0 Å². The lowest BCUT2D eigenvalue weighted by Gasteiger charge is -2.49. The van der Waals surface area contributed by atoms with E-state index in [9.17, 15) is 4.79 Å². The van der Waals surface area contributed by atoms with Gasteiger partial charge in [-0.3, -0.25) is 15.5 Å². The fourth-order valence-corrected chi connectivity index (χ4v) is 3.76. The van der Waals surface area contributed by atoms with Crippen LogP contribution in [0.2, 0.25) is 0 Å². The highest BCUT2D eigenvalue weighted by molar-refractivity contribution is 14.1. The van der Waals surface area contributed by atoms with Crippen LogP contribution in [0, 0.1) is 5.92 Å². The van der Waals surface area contributed by atoms with Crippen molar-refractivity contribution in [1.82, 2.24) is 17.9 Å². The first-order chi connectivity index (χ1) is 8.63. The van der Waals surface area contributed by atoms with E-state index in [-0.39, 0.29) is 5.92 Å². The highest BCUT2D eigenvalue weighted by Crippen LogP contribution is 2.25. The third-order valence-electron chi connectivity index (χ3n) is 4.23. The quantitative estimate of drug-likeness (QED) is 0.385. The molecular formula is C11H20IN5O. The molecule has 0 bridgehead atoms. The van der Waals surface area contributed by atoms with Crippen molar-refractivity contribution in [2.24, 2.45) is 11.8 Å². The number of halogens is 1. The predicted molar refractivity (Wildman–Crippen MR) is 76.8 cm³/mol. The molecule has 0 unspecified atom stereocenters. The van der Waals surface area contributed by atoms with Gasteiger partial charge in [-0.15, -0.1) is 0 Å². The lowest BCUT2D eigenvalue weighted by Crippen LogP contribution is -2.66. The molecule has 3 aliphatic heterocycles. The van der Waals surface area contributed by atoms with Crippen molar-refractivity contribution < 1.29 is 4.79 Å². The minimum absolute atomic E-state index is 0.253. The molecule has 2 N–H and O–H groups in total. The average molecular weight is 365 g/mol. The normalized spacial score (nSPS) is 29.1. The fraction of sp³-hybridized carbons (Fsp3) is 0.909. The van der Waals surface area contributed by atoms with Crippen LogP contribution in [-0.2, 0) is 4.79 Å². The molecule has 6 nitrogen and oxygen atoms in total. The Hall–Kier alpha value is 0.0400. The Morgan fingerprint density at radius 2 is 1.67 bits per heavy atom. The Bertz CT molecular complexity index is 321. The Kier molecular flexibility index (Phi) is 3.77. The van der Waals surface area contributed by atoms with E-state index >= 15 is 0 Å². The third kappa shape index (κ3) is 2.51. The van der Waals surface area contributed by atoms with Gasteiger partial charge in [0.2, 0.25) is 5.91 Å². The summed E-state index contributed by atoms with van der Waals surface area (Å²) in [6.45, 7) is 7.64. The number of piperazine rings is 1. The maximum absolute atomic E-state index is 12.1. The molecule has 0 radical (unpaired) electrons. The zero-order chi connectivity index (χ0) is 12.7. The van der Waals surface area contributed by atoms with Crippen LogP contribution in [0.4, 0.5) is 0 Å². The molecule has 102 valence electrons. The van der Waals surface area contributed by atoms with Gasteiger partial charge in [-0.05, 0) is 0 Å². The highest BCUT2D eigenvalue weighted by atomic mass is 127. The molecule has 3 fully saturated rings. The first kappa shape index (κ1) is 13.0. The predicted octanol–water partition coefficient (Wildman–Crippen LogP) is -1.03. The van der Waals surface area contributed by atoms with Crippen LogP contribution in [0.3, 0.4) is 0 Å². The lowest BCUT2D eigenvalue weighted by molar-refractivity contribution is -0.146. The minimum Gasteiger partial charge on any atom is -0.339 e. The van der Waals surface area contributed by atoms with E-state index in [1.807, 2.05) is 9.91 Å². The number of nitrogens with zero attached hydrogens (tertiary/aromatic N) is 4. The number of hydrazine groups is 1. The van der Waals surface area contributed by atoms with Gasteiger partial charge in [0.1, 0.15) is 0 Å². The number of carbonyl (C=O) groups excluding carboxylic acids is 1. The third-order valence-corrected chi connectivity index (χ3v) is 5.01. The van der Waals surface area contributed by atoms with E-state index in [4.69, 9.17) is 5.84 Å². The second kappa shape index (κ2) is 5.20. The van der Waals surface area contributed by atoms with Crippen molar-refractivity contribution in [2.75, 3.05) is 52.4 Å². The molecule has 7 heteroatoms. The second-order valence-corrected chi connectivity index (χ2v) is 6.86. The SMILES string of the molecule is NN1CCN(C2CN(C(=O)C3CN(I)C3)C2)CC1. The van der Waals surface area contributed by atoms with Gasteiger partial charge in [0.25, 0.3) is 0 Å². The second-order valence-electron chi connectivity index (χ2n) is 5.49. The maximum atomic E-state index is 12.1. The highest BCUT2D eigenvalue weighted by Gasteiger charge is 2.41. The lowest BCUT2D eigenvalue weighted by atomic mass is 9.97. The molecule has 0 aromatic carbocycles. The van der Waals surface area contributed by atoms with Crippen molar-refractivity contribution in [3.05, 3.63) is 0 Å². The summed E-state index contributed by atoms with van der Waals surface area (Å²) in [5.41, 5.74) is 0. The molecule has 0 aliphatic carbocycles. The number of carbonyl (C=O) groups is 1. The minimum atomic E-state index is 0.253. The van der Waals surface area contributed by atoms with Gasteiger partial charge in [-0.25, -0.2) is 8.12 Å². The molecule has 3 saturated heterocycles. The number of hydrogen-bond donors (Lipinski definition) is 1. The smallest absolute Gasteiger partial charge is 0.228 e. The van der Waals surface area contributed by atoms with E-state index in [1.165, 1.54) is 0 Å². The fourth-order valence-electron chi connectivity index (χ4n) is 2.81. The van der Waals surface area contributed by atoms with Gasteiger partial charge in [0, 0.05) is 81.3 Å². The molecule has 3 rings (SSSR count). The van der Waals surface area contributed by atoms with Gasteiger partial charge in [-0.1, -0.05) is 0 Å². The van der Waals surface area contributed by atoms with Crippen LogP contribution in [-0.4, -0.2) is 82.2 Å². The van der Waals surface area contributed by atoms with Crippen LogP contribution in [0.1, 0.15) is 0 Å². The summed E-state index contributed by atoms with van der Waals surface area (Å²) in [4.78, 5) is 16.6. The zero-order valence-electron chi connectivity index (χ0n) is 10.5. The molecule has 1 amide bonds. The molecule has 0 atom stereocenters. The standard InChI is InChI=1S/C11H20IN5O/c12-16-5-9(6-16)11(18)15-7-10(8-15)14-1-3-17(13)4-2-14/h9-10H,1-8,13H2. The van der Waals surface area contributed by atoms with Crippen LogP contribution < -0.4 is 5.84 Å². The van der Waals surface area contributed by atoms with Crippen molar-refractivity contribution >= 4 is 28.8 Å². The summed E-state index contributed by atoms with van der Waals surface area (Å²) < 4.78 is 2.16. The molecule has 0 aromatic heterocycles. The van der Waals surface area contributed by atoms with Crippen LogP contribution in [0.25, 0.3) is 0 Å². The van der Waals surface area contributed by atoms with E-state index < -0.39 is 0 Å². The Morgan fingerprint density at radius 1 is 1.06 bits per heavy atom. The van der Waals surface area contributed by atoms with E-state index in [0.717, 1.165) is 52.4 Å². The van der Waals surface area contributed by atoms with Crippen molar-refractivity contribution in [2.45, 2.75) is 6.04 Å². The van der Waals surface area contributed by atoms with Crippen molar-refractivity contribution in [3.63, 3.8) is 0 Å². The Labute approximate surface area is 122 Å². The molecule has 3 heterocycles. The summed E-state index contributed by atoms with van der Waals surface area (Å²) in [5.74, 6) is 6.36. The van der Waals surface area contributed by atoms with Crippen LogP contribution >= 0.6 is 22.9 Å². The first-order valence-corrected chi connectivity index (χ1v) is 7.53. The van der Waals surface area contributed by atoms with Crippen molar-refractivity contribution in [1.29, 1.82) is 0 Å². The molecule has 18 heavy (non-hydrogen) atoms. The topological polar surface area (TPSA) is 56.1 Å². The zero-order valence-corrected chi connectivity index (χ0v) is 12.6. The molecule has 0 spiro atoms. The van der Waals surface area contributed by atoms with Gasteiger partial charge in [-0.2, -0.15) is 0 Å². The van der Waals surface area contributed by atoms with E-state index in [1.54, 1.807) is 0 Å². The number of amides is 1. The molecule has 0 aromatic rings. The number of rotatable bonds is 2. The van der Waals surface area contributed by atoms with E-state index in [0.29, 0.717) is 11.9 Å². The van der Waals surface area contributed by atoms with Gasteiger partial charge >= 0.3 is 0 Å². The van der Waals surface area contributed by atoms with Gasteiger partial charge < -0.3 is 4.90 Å². The maximum Gasteiger partial charge on any atom is 0.228 e. The average Bonchev–Trinajstić information content (AvgIpc) is 2.25. The Balaban J connectivity index is 1.41. The molecule has 0 saturated carbocycles. The Morgan fingerprint density at radius 3 is 2.22 bits per heavy atom. The number of nitrogens with two attached hydrogens (primary N) is 1. The number of likely N-dealkylation sites (tertiary alicyclic amines) is 1. The first-order valence-electron chi connectivity index (χ1n) is 6.56. The van der Waals surface area contributed by atoms with E-state index in [2.05, 4.69) is 30.9 Å². The largest absolute Gasteiger partial charge is 0.339 e. The van der Waals surface area contributed by atoms with Gasteiger partial charge in [0.05, 0.1) is 5.92 Å². The van der Waals surface area contributed by atoms with Crippen LogP contribution in [0.5, 0.6) is 0 Å². The summed E-state index contributed by atoms with van der Waals surface area (Å²) in [6.07, 6.45) is 0. The summed E-state index contributed by atoms with van der Waals surface area (Å²) >= 11 is 2.27. The summed E-state index contributed by atoms with van der Waals surface area (Å²) in [5, 5.41) is 1.88. The molecular weight excluding hydrogens is 345 g/mol. The molecule has 3 aliphatic rings. The van der Waals surface area contributed by atoms with Crippen LogP contribution in [0.15, 0.2) is 0 Å². The summed E-state index contributed by atoms with van der Waals surface area (Å²) in [6, 6.07) is 0.568. The monoisotopic (exact) mass is 365 g/mol. The van der Waals surface area contributed by atoms with Gasteiger partial charge in [0.15, 0.2) is 0 Å². The summed E-state index contributed by atoms with van der Waals surface area (Å²) in [7, 11) is 0. The number of hydrogen-bond acceptors (Lipinski definition) is 5.